The third-order valence-corrected chi connectivity index (χ3v) is 3.05. The predicted octanol–water partition coefficient (Wildman–Crippen LogP) is 1.96. The van der Waals surface area contributed by atoms with E-state index in [0.29, 0.717) is 6.54 Å². The first-order chi connectivity index (χ1) is 8.95. The summed E-state index contributed by atoms with van der Waals surface area (Å²) in [6, 6.07) is 5.26. The highest BCUT2D eigenvalue weighted by Gasteiger charge is 2.24. The summed E-state index contributed by atoms with van der Waals surface area (Å²) in [5.74, 6) is -0.939. The Balaban J connectivity index is 2.96. The van der Waals surface area contributed by atoms with Gasteiger partial charge in [-0.15, -0.1) is 6.58 Å². The van der Waals surface area contributed by atoms with Crippen molar-refractivity contribution in [2.45, 2.75) is 32.4 Å². The molecule has 4 heteroatoms. The third kappa shape index (κ3) is 4.50. The Kier molecular flexibility index (Phi) is 5.73. The van der Waals surface area contributed by atoms with Gasteiger partial charge in [-0.2, -0.15) is 0 Å². The van der Waals surface area contributed by atoms with E-state index in [-0.39, 0.29) is 6.42 Å². The smallest absolute Gasteiger partial charge is 0.305 e. The van der Waals surface area contributed by atoms with Crippen molar-refractivity contribution in [2.75, 3.05) is 6.54 Å². The van der Waals surface area contributed by atoms with Crippen molar-refractivity contribution >= 4 is 5.97 Å². The molecule has 0 bridgehead atoms. The Morgan fingerprint density at radius 1 is 1.47 bits per heavy atom. The molecule has 4 nitrogen and oxygen atoms in total. The minimum atomic E-state index is -0.939. The molecule has 0 aromatic heterocycles. The minimum absolute atomic E-state index is 0.137. The van der Waals surface area contributed by atoms with Crippen LogP contribution in [0.3, 0.4) is 0 Å². The zero-order chi connectivity index (χ0) is 14.4. The number of rotatable bonds is 7. The Labute approximate surface area is 113 Å². The average Bonchev–Trinajstić information content (AvgIpc) is 2.36. The number of aliphatic carboxylic acids is 1. The fourth-order valence-corrected chi connectivity index (χ4v) is 2.01. The fraction of sp³-hybridized carbons (Fsp3) is 0.400. The number of carbonyl (C=O) groups is 1. The van der Waals surface area contributed by atoms with Gasteiger partial charge in [0.05, 0.1) is 12.5 Å². The average molecular weight is 263 g/mol. The van der Waals surface area contributed by atoms with Crippen LogP contribution in [-0.4, -0.2) is 28.8 Å². The van der Waals surface area contributed by atoms with Gasteiger partial charge in [-0.05, 0) is 25.0 Å². The second kappa shape index (κ2) is 7.07. The highest BCUT2D eigenvalue weighted by Crippen LogP contribution is 2.23. The lowest BCUT2D eigenvalue weighted by Gasteiger charge is -2.24. The van der Waals surface area contributed by atoms with Crippen molar-refractivity contribution < 1.29 is 15.0 Å². The number of benzene rings is 1. The molecule has 1 aromatic rings. The van der Waals surface area contributed by atoms with Crippen molar-refractivity contribution in [1.29, 1.82) is 0 Å². The number of aryl methyl sites for hydroxylation is 2. The van der Waals surface area contributed by atoms with E-state index in [9.17, 15) is 9.90 Å². The topological polar surface area (TPSA) is 69.6 Å². The van der Waals surface area contributed by atoms with Gasteiger partial charge >= 0.3 is 5.97 Å². The maximum absolute atomic E-state index is 10.9. The highest BCUT2D eigenvalue weighted by molar-refractivity contribution is 5.67. The van der Waals surface area contributed by atoms with Crippen LogP contribution in [0.5, 0.6) is 0 Å². The summed E-state index contributed by atoms with van der Waals surface area (Å²) in [5, 5.41) is 22.3. The van der Waals surface area contributed by atoms with E-state index in [4.69, 9.17) is 5.11 Å². The molecule has 0 aliphatic rings. The predicted molar refractivity (Wildman–Crippen MR) is 75.1 cm³/mol. The van der Waals surface area contributed by atoms with Gasteiger partial charge in [0.2, 0.25) is 0 Å². The normalized spacial score (nSPS) is 13.8. The van der Waals surface area contributed by atoms with Gasteiger partial charge in [0, 0.05) is 12.6 Å². The molecule has 1 rings (SSSR count). The van der Waals surface area contributed by atoms with E-state index in [0.717, 1.165) is 16.7 Å². The van der Waals surface area contributed by atoms with E-state index in [2.05, 4.69) is 11.9 Å². The number of carboxylic acids is 1. The first kappa shape index (κ1) is 15.4. The maximum Gasteiger partial charge on any atom is 0.305 e. The van der Waals surface area contributed by atoms with E-state index in [1.807, 2.05) is 32.0 Å². The second-order valence-electron chi connectivity index (χ2n) is 4.71. The lowest BCUT2D eigenvalue weighted by Crippen LogP contribution is -2.37. The molecule has 2 unspecified atom stereocenters. The summed E-state index contributed by atoms with van der Waals surface area (Å²) >= 11 is 0. The molecule has 0 heterocycles. The van der Waals surface area contributed by atoms with Crippen LogP contribution in [0, 0.1) is 13.8 Å². The summed E-state index contributed by atoms with van der Waals surface area (Å²) in [4.78, 5) is 10.9. The fourth-order valence-electron chi connectivity index (χ4n) is 2.01. The summed E-state index contributed by atoms with van der Waals surface area (Å²) in [6.07, 6.45) is 0.656. The molecule has 0 amide bonds. The summed E-state index contributed by atoms with van der Waals surface area (Å²) in [7, 11) is 0. The molecular weight excluding hydrogens is 242 g/mol. The summed E-state index contributed by atoms with van der Waals surface area (Å²) in [6.45, 7) is 7.89. The molecule has 0 radical (unpaired) electrons. The van der Waals surface area contributed by atoms with Crippen molar-refractivity contribution in [2.24, 2.45) is 0 Å². The highest BCUT2D eigenvalue weighted by atomic mass is 16.4. The van der Waals surface area contributed by atoms with Gasteiger partial charge in [-0.25, -0.2) is 0 Å². The molecule has 0 saturated carbocycles. The van der Waals surface area contributed by atoms with E-state index in [1.165, 1.54) is 0 Å². The Morgan fingerprint density at radius 3 is 2.74 bits per heavy atom. The summed E-state index contributed by atoms with van der Waals surface area (Å²) < 4.78 is 0. The number of nitrogens with one attached hydrogen (secondary N) is 1. The number of hydrogen-bond acceptors (Lipinski definition) is 3. The van der Waals surface area contributed by atoms with Gasteiger partial charge in [-0.1, -0.05) is 29.8 Å². The molecule has 3 N–H and O–H groups in total. The second-order valence-corrected chi connectivity index (χ2v) is 4.71. The quantitative estimate of drug-likeness (QED) is 0.658. The third-order valence-electron chi connectivity index (χ3n) is 3.05. The zero-order valence-electron chi connectivity index (χ0n) is 11.4. The van der Waals surface area contributed by atoms with Crippen molar-refractivity contribution in [3.05, 3.63) is 47.5 Å². The lowest BCUT2D eigenvalue weighted by molar-refractivity contribution is -0.138. The standard InChI is InChI=1S/C15H21NO3/c1-4-7-16-13(9-14(17)18)15(19)12-8-10(2)5-6-11(12)3/h4-6,8,13,15-16,19H,1,7,9H2,2-3H3,(H,17,18). The molecule has 0 fully saturated rings. The van der Waals surface area contributed by atoms with Gasteiger partial charge in [0.1, 0.15) is 0 Å². The molecule has 19 heavy (non-hydrogen) atoms. The van der Waals surface area contributed by atoms with Crippen LogP contribution < -0.4 is 5.32 Å². The van der Waals surface area contributed by atoms with Gasteiger partial charge in [0.15, 0.2) is 0 Å². The largest absolute Gasteiger partial charge is 0.481 e. The van der Waals surface area contributed by atoms with E-state index < -0.39 is 18.1 Å². The minimum Gasteiger partial charge on any atom is -0.481 e. The molecule has 0 aliphatic heterocycles. The zero-order valence-corrected chi connectivity index (χ0v) is 11.4. The number of aliphatic hydroxyl groups is 1. The van der Waals surface area contributed by atoms with Gasteiger partial charge < -0.3 is 15.5 Å². The monoisotopic (exact) mass is 263 g/mol. The Hall–Kier alpha value is -1.65. The summed E-state index contributed by atoms with van der Waals surface area (Å²) in [5.41, 5.74) is 2.76. The molecule has 104 valence electrons. The van der Waals surface area contributed by atoms with E-state index >= 15 is 0 Å². The van der Waals surface area contributed by atoms with Crippen molar-refractivity contribution in [3.63, 3.8) is 0 Å². The van der Waals surface area contributed by atoms with E-state index in [1.54, 1.807) is 6.08 Å². The SMILES string of the molecule is C=CCNC(CC(=O)O)C(O)c1cc(C)ccc1C. The Morgan fingerprint density at radius 2 is 2.16 bits per heavy atom. The first-order valence-electron chi connectivity index (χ1n) is 6.27. The first-order valence-corrected chi connectivity index (χ1v) is 6.27. The van der Waals surface area contributed by atoms with Crippen LogP contribution in [0.2, 0.25) is 0 Å². The molecule has 0 aliphatic carbocycles. The number of aliphatic hydroxyl groups excluding tert-OH is 1. The van der Waals surface area contributed by atoms with Crippen molar-refractivity contribution in [1.82, 2.24) is 5.32 Å². The molecule has 0 spiro atoms. The lowest BCUT2D eigenvalue weighted by atomic mass is 9.94. The van der Waals surface area contributed by atoms with Gasteiger partial charge in [0.25, 0.3) is 0 Å². The maximum atomic E-state index is 10.9. The van der Waals surface area contributed by atoms with Gasteiger partial charge in [-0.3, -0.25) is 4.79 Å². The molecular formula is C15H21NO3. The van der Waals surface area contributed by atoms with Crippen molar-refractivity contribution in [3.8, 4) is 0 Å². The molecule has 0 saturated heterocycles. The number of hydrogen-bond donors (Lipinski definition) is 3. The Bertz CT molecular complexity index is 457. The molecule has 1 aromatic carbocycles. The van der Waals surface area contributed by atoms with Crippen LogP contribution in [0.4, 0.5) is 0 Å². The van der Waals surface area contributed by atoms with Crippen LogP contribution >= 0.6 is 0 Å². The van der Waals surface area contributed by atoms with Crippen LogP contribution in [-0.2, 0) is 4.79 Å². The van der Waals surface area contributed by atoms with Crippen LogP contribution in [0.15, 0.2) is 30.9 Å². The van der Waals surface area contributed by atoms with Crippen LogP contribution in [0.25, 0.3) is 0 Å². The number of carboxylic acid groups (broad SMARTS) is 1. The van der Waals surface area contributed by atoms with Crippen LogP contribution in [0.1, 0.15) is 29.2 Å². The molecule has 2 atom stereocenters.